The molecule has 6 N–H and O–H groups in total. The Bertz CT molecular complexity index is 964. The van der Waals surface area contributed by atoms with E-state index in [-0.39, 0.29) is 18.8 Å². The zero-order chi connectivity index (χ0) is 24.4. The predicted octanol–water partition coefficient (Wildman–Crippen LogP) is 0.703. The fraction of sp³-hybridized carbons (Fsp3) is 0.333. The number of rotatable bonds is 12. The summed E-state index contributed by atoms with van der Waals surface area (Å²) in [5.74, 6) is -1.51. The van der Waals surface area contributed by atoms with Gasteiger partial charge in [-0.1, -0.05) is 42.5 Å². The van der Waals surface area contributed by atoms with Crippen LogP contribution in [0.25, 0.3) is 0 Å². The second-order valence-electron chi connectivity index (χ2n) is 7.76. The van der Waals surface area contributed by atoms with E-state index in [1.165, 1.54) is 13.8 Å². The lowest BCUT2D eigenvalue weighted by Crippen LogP contribution is -2.57. The molecule has 0 heterocycles. The fourth-order valence-electron chi connectivity index (χ4n) is 3.30. The van der Waals surface area contributed by atoms with Crippen LogP contribution >= 0.6 is 0 Å². The first-order chi connectivity index (χ1) is 15.7. The minimum absolute atomic E-state index is 0.0166. The summed E-state index contributed by atoms with van der Waals surface area (Å²) in [7, 11) is 0. The van der Waals surface area contributed by atoms with Crippen LogP contribution in [0.3, 0.4) is 0 Å². The highest BCUT2D eigenvalue weighted by Gasteiger charge is 2.27. The Morgan fingerprint density at radius 2 is 1.58 bits per heavy atom. The third-order valence-electron chi connectivity index (χ3n) is 4.94. The van der Waals surface area contributed by atoms with E-state index in [1.807, 2.05) is 30.3 Å². The molecule has 0 saturated carbocycles. The SMILES string of the molecule is CC(=O)N[C@@H](CC(N)=O)C(=O)N[C@@H](Cc1ccccc1)[C@H](N)COc1ccccc1C(C)=O. The molecule has 0 aromatic heterocycles. The molecular weight excluding hydrogens is 424 g/mol. The van der Waals surface area contributed by atoms with E-state index in [2.05, 4.69) is 10.6 Å². The van der Waals surface area contributed by atoms with Crippen molar-refractivity contribution in [2.45, 2.75) is 44.8 Å². The number of hydrogen-bond donors (Lipinski definition) is 4. The highest BCUT2D eigenvalue weighted by atomic mass is 16.5. The summed E-state index contributed by atoms with van der Waals surface area (Å²) in [6.45, 7) is 2.71. The van der Waals surface area contributed by atoms with Crippen LogP contribution < -0.4 is 26.8 Å². The number of Topliss-reactive ketones (excluding diaryl/α,β-unsaturated/α-hetero) is 1. The maximum absolute atomic E-state index is 12.9. The summed E-state index contributed by atoms with van der Waals surface area (Å²) in [5.41, 5.74) is 13.0. The summed E-state index contributed by atoms with van der Waals surface area (Å²) in [4.78, 5) is 47.6. The van der Waals surface area contributed by atoms with Gasteiger partial charge in [-0.25, -0.2) is 0 Å². The lowest BCUT2D eigenvalue weighted by molar-refractivity contribution is -0.131. The molecular formula is C24H30N4O5. The average Bonchev–Trinajstić information content (AvgIpc) is 2.76. The molecule has 3 amide bonds. The molecule has 0 radical (unpaired) electrons. The van der Waals surface area contributed by atoms with Gasteiger partial charge in [-0.05, 0) is 31.0 Å². The van der Waals surface area contributed by atoms with E-state index in [0.717, 1.165) is 5.56 Å². The number of carbonyl (C=O) groups excluding carboxylic acids is 4. The number of hydrogen-bond acceptors (Lipinski definition) is 6. The van der Waals surface area contributed by atoms with Gasteiger partial charge in [0.25, 0.3) is 0 Å². The monoisotopic (exact) mass is 454 g/mol. The second kappa shape index (κ2) is 12.4. The van der Waals surface area contributed by atoms with Gasteiger partial charge in [0.15, 0.2) is 5.78 Å². The normalized spacial score (nSPS) is 13.3. The first kappa shape index (κ1) is 25.5. The van der Waals surface area contributed by atoms with Gasteiger partial charge in [0.05, 0.1) is 24.1 Å². The van der Waals surface area contributed by atoms with Gasteiger partial charge in [0, 0.05) is 6.92 Å². The molecule has 0 saturated heterocycles. The van der Waals surface area contributed by atoms with Gasteiger partial charge in [-0.3, -0.25) is 19.2 Å². The van der Waals surface area contributed by atoms with Crippen LogP contribution in [0.5, 0.6) is 5.75 Å². The summed E-state index contributed by atoms with van der Waals surface area (Å²) in [5, 5.41) is 5.25. The molecule has 9 nitrogen and oxygen atoms in total. The van der Waals surface area contributed by atoms with Crippen molar-refractivity contribution < 1.29 is 23.9 Å². The number of benzene rings is 2. The number of ketones is 1. The largest absolute Gasteiger partial charge is 0.491 e. The summed E-state index contributed by atoms with van der Waals surface area (Å²) >= 11 is 0. The molecule has 0 aliphatic heterocycles. The number of nitrogens with two attached hydrogens (primary N) is 2. The summed E-state index contributed by atoms with van der Waals surface area (Å²) in [6.07, 6.45) is 0.0377. The molecule has 176 valence electrons. The van der Waals surface area contributed by atoms with E-state index >= 15 is 0 Å². The molecule has 2 aromatic carbocycles. The number of para-hydroxylation sites is 1. The van der Waals surface area contributed by atoms with Crippen LogP contribution in [0.4, 0.5) is 0 Å². The van der Waals surface area contributed by atoms with Crippen molar-refractivity contribution in [1.82, 2.24) is 10.6 Å². The number of primary amides is 1. The van der Waals surface area contributed by atoms with Crippen LogP contribution in [-0.2, 0) is 20.8 Å². The first-order valence-electron chi connectivity index (χ1n) is 10.6. The van der Waals surface area contributed by atoms with Crippen LogP contribution in [0.2, 0.25) is 0 Å². The highest BCUT2D eigenvalue weighted by Crippen LogP contribution is 2.19. The lowest BCUT2D eigenvalue weighted by Gasteiger charge is -2.28. The van der Waals surface area contributed by atoms with Crippen molar-refractivity contribution in [3.8, 4) is 5.75 Å². The zero-order valence-electron chi connectivity index (χ0n) is 18.7. The third kappa shape index (κ3) is 8.38. The summed E-state index contributed by atoms with van der Waals surface area (Å²) in [6, 6.07) is 13.8. The van der Waals surface area contributed by atoms with E-state index < -0.39 is 35.8 Å². The second-order valence-corrected chi connectivity index (χ2v) is 7.76. The minimum atomic E-state index is -1.12. The molecule has 9 heteroatoms. The molecule has 0 unspecified atom stereocenters. The Balaban J connectivity index is 2.18. The highest BCUT2D eigenvalue weighted by molar-refractivity contribution is 5.96. The number of carbonyl (C=O) groups is 4. The molecule has 3 atom stereocenters. The molecule has 0 fully saturated rings. The standard InChI is InChI=1S/C24H30N4O5/c1-15(29)18-10-6-7-11-22(18)33-14-19(25)20(12-17-8-4-3-5-9-17)28-24(32)21(13-23(26)31)27-16(2)30/h3-11,19-21H,12-14,25H2,1-2H3,(H2,26,31)(H,27,30)(H,28,32)/t19-,20+,21+/m1/s1. The fourth-order valence-corrected chi connectivity index (χ4v) is 3.30. The van der Waals surface area contributed by atoms with Gasteiger partial charge in [-0.2, -0.15) is 0 Å². The molecule has 0 aliphatic rings. The Hall–Kier alpha value is -3.72. The smallest absolute Gasteiger partial charge is 0.243 e. The lowest BCUT2D eigenvalue weighted by atomic mass is 9.99. The van der Waals surface area contributed by atoms with Gasteiger partial charge in [0.2, 0.25) is 17.7 Å². The Kier molecular flexibility index (Phi) is 9.56. The van der Waals surface area contributed by atoms with Crippen molar-refractivity contribution in [1.29, 1.82) is 0 Å². The van der Waals surface area contributed by atoms with Crippen molar-refractivity contribution in [2.75, 3.05) is 6.61 Å². The molecule has 33 heavy (non-hydrogen) atoms. The third-order valence-corrected chi connectivity index (χ3v) is 4.94. The maximum atomic E-state index is 12.9. The topological polar surface area (TPSA) is 154 Å². The van der Waals surface area contributed by atoms with Crippen LogP contribution in [0.1, 0.15) is 36.2 Å². The van der Waals surface area contributed by atoms with Crippen molar-refractivity contribution >= 4 is 23.5 Å². The zero-order valence-corrected chi connectivity index (χ0v) is 18.7. The molecule has 2 aromatic rings. The Morgan fingerprint density at radius 1 is 0.939 bits per heavy atom. The maximum Gasteiger partial charge on any atom is 0.243 e. The Morgan fingerprint density at radius 3 is 2.18 bits per heavy atom. The molecule has 0 spiro atoms. The van der Waals surface area contributed by atoms with E-state index in [4.69, 9.17) is 16.2 Å². The van der Waals surface area contributed by atoms with E-state index in [1.54, 1.807) is 24.3 Å². The minimum Gasteiger partial charge on any atom is -0.491 e. The first-order valence-corrected chi connectivity index (χ1v) is 10.6. The van der Waals surface area contributed by atoms with Crippen molar-refractivity contribution in [3.63, 3.8) is 0 Å². The average molecular weight is 455 g/mol. The predicted molar refractivity (Wildman–Crippen MR) is 123 cm³/mol. The van der Waals surface area contributed by atoms with E-state index in [9.17, 15) is 19.2 Å². The van der Waals surface area contributed by atoms with Crippen LogP contribution in [-0.4, -0.2) is 48.2 Å². The van der Waals surface area contributed by atoms with Crippen molar-refractivity contribution in [3.05, 3.63) is 65.7 Å². The van der Waals surface area contributed by atoms with Crippen LogP contribution in [0.15, 0.2) is 54.6 Å². The molecule has 2 rings (SSSR count). The van der Waals surface area contributed by atoms with Gasteiger partial charge >= 0.3 is 0 Å². The quantitative estimate of drug-likeness (QED) is 0.346. The molecule has 0 aliphatic carbocycles. The Labute approximate surface area is 192 Å². The number of nitrogens with one attached hydrogen (secondary N) is 2. The van der Waals surface area contributed by atoms with Gasteiger partial charge < -0.3 is 26.8 Å². The molecule has 0 bridgehead atoms. The number of ether oxygens (including phenoxy) is 1. The van der Waals surface area contributed by atoms with Crippen LogP contribution in [0, 0.1) is 0 Å². The van der Waals surface area contributed by atoms with E-state index in [0.29, 0.717) is 17.7 Å². The summed E-state index contributed by atoms with van der Waals surface area (Å²) < 4.78 is 5.81. The number of amides is 3. The van der Waals surface area contributed by atoms with Gasteiger partial charge in [-0.15, -0.1) is 0 Å². The van der Waals surface area contributed by atoms with Gasteiger partial charge in [0.1, 0.15) is 18.4 Å². The van der Waals surface area contributed by atoms with Crippen molar-refractivity contribution in [2.24, 2.45) is 11.5 Å².